The number of aromatic nitrogens is 1. The Kier molecular flexibility index (Phi) is 4.67. The van der Waals surface area contributed by atoms with Gasteiger partial charge >= 0.3 is 0 Å². The zero-order valence-electron chi connectivity index (χ0n) is 15.5. The van der Waals surface area contributed by atoms with Gasteiger partial charge < -0.3 is 9.30 Å². The summed E-state index contributed by atoms with van der Waals surface area (Å²) < 4.78 is 8.09. The number of nitrogens with zero attached hydrogens (tertiary/aromatic N) is 1. The molecule has 1 aliphatic heterocycles. The van der Waals surface area contributed by atoms with E-state index in [0.29, 0.717) is 17.1 Å². The van der Waals surface area contributed by atoms with Crippen LogP contribution in [0, 0.1) is 0 Å². The van der Waals surface area contributed by atoms with Crippen molar-refractivity contribution >= 4 is 11.6 Å². The van der Waals surface area contributed by atoms with Crippen molar-refractivity contribution in [1.29, 1.82) is 0 Å². The molecule has 1 atom stereocenters. The smallest absolute Gasteiger partial charge is 0.257 e. The van der Waals surface area contributed by atoms with Gasteiger partial charge in [0.25, 0.3) is 5.56 Å². The summed E-state index contributed by atoms with van der Waals surface area (Å²) in [5.41, 5.74) is 3.51. The van der Waals surface area contributed by atoms with Gasteiger partial charge in [-0.25, -0.2) is 0 Å². The summed E-state index contributed by atoms with van der Waals surface area (Å²) >= 11 is 6.24. The number of hydrogen-bond acceptors (Lipinski definition) is 2. The first kappa shape index (κ1) is 18.0. The van der Waals surface area contributed by atoms with Crippen LogP contribution in [0.15, 0.2) is 71.7 Å². The normalized spacial score (nSPS) is 18.1. The number of rotatable bonds is 3. The standard InChI is InChI=1S/C23H22ClNO2/c1-23(2)14-17-10-11-18(24)13-20(17)21(27-23)19-9-6-12-25(22(19)26)15-16-7-4-3-5-8-16/h3-13,21H,14-15H2,1-2H3. The van der Waals surface area contributed by atoms with Crippen LogP contribution in [-0.2, 0) is 17.7 Å². The molecule has 4 rings (SSSR count). The van der Waals surface area contributed by atoms with E-state index < -0.39 is 6.10 Å². The molecule has 3 aromatic rings. The van der Waals surface area contributed by atoms with Crippen molar-refractivity contribution in [2.24, 2.45) is 0 Å². The summed E-state index contributed by atoms with van der Waals surface area (Å²) in [6.45, 7) is 4.65. The molecule has 0 bridgehead atoms. The Balaban J connectivity index is 1.79. The lowest BCUT2D eigenvalue weighted by atomic mass is 9.86. The largest absolute Gasteiger partial charge is 0.362 e. The molecule has 2 heterocycles. The maximum Gasteiger partial charge on any atom is 0.257 e. The lowest BCUT2D eigenvalue weighted by Crippen LogP contribution is -2.37. The van der Waals surface area contributed by atoms with Crippen molar-refractivity contribution in [3.05, 3.63) is 104 Å². The SMILES string of the molecule is CC1(C)Cc2ccc(Cl)cc2C(c2cccn(Cc3ccccc3)c2=O)O1. The van der Waals surface area contributed by atoms with E-state index in [-0.39, 0.29) is 11.2 Å². The van der Waals surface area contributed by atoms with Gasteiger partial charge in [0, 0.05) is 17.6 Å². The van der Waals surface area contributed by atoms with Gasteiger partial charge in [0.15, 0.2) is 0 Å². The Morgan fingerprint density at radius 2 is 1.85 bits per heavy atom. The minimum Gasteiger partial charge on any atom is -0.362 e. The van der Waals surface area contributed by atoms with Crippen molar-refractivity contribution in [2.75, 3.05) is 0 Å². The fourth-order valence-electron chi connectivity index (χ4n) is 3.74. The zero-order chi connectivity index (χ0) is 19.0. The minimum atomic E-state index is -0.418. The maximum absolute atomic E-state index is 13.2. The highest BCUT2D eigenvalue weighted by Gasteiger charge is 2.35. The first-order valence-corrected chi connectivity index (χ1v) is 9.50. The van der Waals surface area contributed by atoms with Crippen LogP contribution in [-0.4, -0.2) is 10.2 Å². The molecule has 1 unspecified atom stereocenters. The van der Waals surface area contributed by atoms with Crippen molar-refractivity contribution < 1.29 is 4.74 Å². The molecule has 138 valence electrons. The summed E-state index contributed by atoms with van der Waals surface area (Å²) in [6.07, 6.45) is 2.20. The second-order valence-corrected chi connectivity index (χ2v) is 8.10. The summed E-state index contributed by atoms with van der Waals surface area (Å²) in [4.78, 5) is 13.2. The highest BCUT2D eigenvalue weighted by Crippen LogP contribution is 2.39. The van der Waals surface area contributed by atoms with Gasteiger partial charge in [0.05, 0.1) is 17.7 Å². The second-order valence-electron chi connectivity index (χ2n) is 7.66. The van der Waals surface area contributed by atoms with E-state index in [0.717, 1.165) is 17.5 Å². The summed E-state index contributed by atoms with van der Waals surface area (Å²) in [5, 5.41) is 0.655. The first-order chi connectivity index (χ1) is 12.9. The third-order valence-electron chi connectivity index (χ3n) is 4.97. The Bertz CT molecular complexity index is 1020. The number of halogens is 1. The molecular formula is C23H22ClNO2. The average Bonchev–Trinajstić information content (AvgIpc) is 2.64. The van der Waals surface area contributed by atoms with E-state index in [2.05, 4.69) is 13.8 Å². The predicted molar refractivity (Wildman–Crippen MR) is 108 cm³/mol. The molecule has 0 radical (unpaired) electrons. The second kappa shape index (κ2) is 6.99. The maximum atomic E-state index is 13.2. The van der Waals surface area contributed by atoms with E-state index in [1.807, 2.05) is 66.9 Å². The topological polar surface area (TPSA) is 31.2 Å². The number of fused-ring (bicyclic) bond motifs is 1. The van der Waals surface area contributed by atoms with Crippen molar-refractivity contribution in [2.45, 2.75) is 38.5 Å². The van der Waals surface area contributed by atoms with Crippen LogP contribution < -0.4 is 5.56 Å². The third-order valence-corrected chi connectivity index (χ3v) is 5.21. The van der Waals surface area contributed by atoms with Crippen LogP contribution >= 0.6 is 11.6 Å². The molecule has 2 aromatic carbocycles. The number of ether oxygens (including phenoxy) is 1. The number of pyridine rings is 1. The highest BCUT2D eigenvalue weighted by molar-refractivity contribution is 6.30. The van der Waals surface area contributed by atoms with Crippen molar-refractivity contribution in [3.63, 3.8) is 0 Å². The molecule has 0 amide bonds. The average molecular weight is 380 g/mol. The Morgan fingerprint density at radius 1 is 1.07 bits per heavy atom. The van der Waals surface area contributed by atoms with Crippen LogP contribution in [0.1, 0.15) is 42.2 Å². The first-order valence-electron chi connectivity index (χ1n) is 9.12. The van der Waals surface area contributed by atoms with E-state index >= 15 is 0 Å². The van der Waals surface area contributed by atoms with E-state index in [1.165, 1.54) is 5.56 Å². The van der Waals surface area contributed by atoms with Crippen LogP contribution in [0.25, 0.3) is 0 Å². The van der Waals surface area contributed by atoms with Gasteiger partial charge in [-0.3, -0.25) is 4.79 Å². The van der Waals surface area contributed by atoms with Crippen LogP contribution in [0.2, 0.25) is 5.02 Å². The fourth-order valence-corrected chi connectivity index (χ4v) is 3.92. The molecule has 0 saturated heterocycles. The summed E-state index contributed by atoms with van der Waals surface area (Å²) in [5.74, 6) is 0. The number of hydrogen-bond donors (Lipinski definition) is 0. The zero-order valence-corrected chi connectivity index (χ0v) is 16.2. The number of benzene rings is 2. The molecule has 1 aromatic heterocycles. The van der Waals surface area contributed by atoms with Gasteiger partial charge in [0.1, 0.15) is 6.10 Å². The van der Waals surface area contributed by atoms with Gasteiger partial charge in [-0.05, 0) is 54.8 Å². The van der Waals surface area contributed by atoms with E-state index in [9.17, 15) is 4.79 Å². The molecule has 0 N–H and O–H groups in total. The monoisotopic (exact) mass is 379 g/mol. The molecule has 3 nitrogen and oxygen atoms in total. The Hall–Kier alpha value is -2.36. The fraction of sp³-hybridized carbons (Fsp3) is 0.261. The van der Waals surface area contributed by atoms with Gasteiger partial charge in [-0.1, -0.05) is 48.0 Å². The van der Waals surface area contributed by atoms with Crippen LogP contribution in [0.5, 0.6) is 0 Å². The molecule has 1 aliphatic rings. The van der Waals surface area contributed by atoms with Crippen molar-refractivity contribution in [1.82, 2.24) is 4.57 Å². The Labute approximate surface area is 164 Å². The molecule has 4 heteroatoms. The molecule has 27 heavy (non-hydrogen) atoms. The minimum absolute atomic E-state index is 0.0324. The summed E-state index contributed by atoms with van der Waals surface area (Å²) in [6, 6.07) is 19.6. The van der Waals surface area contributed by atoms with E-state index in [4.69, 9.17) is 16.3 Å². The molecule has 0 aliphatic carbocycles. The van der Waals surface area contributed by atoms with Gasteiger partial charge in [-0.15, -0.1) is 0 Å². The molecule has 0 fully saturated rings. The quantitative estimate of drug-likeness (QED) is 0.641. The van der Waals surface area contributed by atoms with Gasteiger partial charge in [0.2, 0.25) is 0 Å². The molecule has 0 saturated carbocycles. The van der Waals surface area contributed by atoms with Crippen LogP contribution in [0.3, 0.4) is 0 Å². The highest BCUT2D eigenvalue weighted by atomic mass is 35.5. The lowest BCUT2D eigenvalue weighted by Gasteiger charge is -2.37. The van der Waals surface area contributed by atoms with Crippen molar-refractivity contribution in [3.8, 4) is 0 Å². The lowest BCUT2D eigenvalue weighted by molar-refractivity contribution is -0.0674. The van der Waals surface area contributed by atoms with Crippen LogP contribution in [0.4, 0.5) is 0 Å². The molecular weight excluding hydrogens is 358 g/mol. The molecule has 0 spiro atoms. The summed E-state index contributed by atoms with van der Waals surface area (Å²) in [7, 11) is 0. The van der Waals surface area contributed by atoms with E-state index in [1.54, 1.807) is 4.57 Å². The Morgan fingerprint density at radius 3 is 2.63 bits per heavy atom. The van der Waals surface area contributed by atoms with Gasteiger partial charge in [-0.2, -0.15) is 0 Å². The predicted octanol–water partition coefficient (Wildman–Crippen LogP) is 4.99. The third kappa shape index (κ3) is 3.71.